The van der Waals surface area contributed by atoms with Gasteiger partial charge in [-0.25, -0.2) is 4.98 Å². The fourth-order valence-corrected chi connectivity index (χ4v) is 3.04. The summed E-state index contributed by atoms with van der Waals surface area (Å²) in [4.78, 5) is 45.5. The SMILES string of the molecule is CC[C@H]1O[C@@H](n2cnc3c(=O)[nH]c(N)nc32)C(OC(C)=O)[C@H]1OC(C)=O. The van der Waals surface area contributed by atoms with Gasteiger partial charge in [0.1, 0.15) is 6.10 Å². The molecule has 1 unspecified atom stereocenters. The molecule has 1 aliphatic heterocycles. The molecule has 1 fully saturated rings. The first-order valence-electron chi connectivity index (χ1n) is 8.04. The average Bonchev–Trinajstić information content (AvgIpc) is 3.09. The second kappa shape index (κ2) is 6.75. The molecule has 2 aromatic rings. The zero-order valence-electron chi connectivity index (χ0n) is 14.5. The number of aromatic amines is 1. The Kier molecular flexibility index (Phi) is 4.64. The van der Waals surface area contributed by atoms with E-state index in [0.29, 0.717) is 6.42 Å². The summed E-state index contributed by atoms with van der Waals surface area (Å²) in [5.74, 6) is -1.17. The van der Waals surface area contributed by atoms with Crippen LogP contribution in [0.5, 0.6) is 0 Å². The number of nitrogens with zero attached hydrogens (tertiary/aromatic N) is 3. The topological polar surface area (TPSA) is 151 Å². The molecule has 0 radical (unpaired) electrons. The van der Waals surface area contributed by atoms with E-state index in [1.54, 1.807) is 0 Å². The Morgan fingerprint density at radius 2 is 1.96 bits per heavy atom. The minimum absolute atomic E-state index is 0.0633. The Balaban J connectivity index is 2.08. The van der Waals surface area contributed by atoms with Crippen LogP contribution in [0.25, 0.3) is 11.2 Å². The molecule has 3 heterocycles. The van der Waals surface area contributed by atoms with E-state index in [4.69, 9.17) is 19.9 Å². The quantitative estimate of drug-likeness (QED) is 0.706. The van der Waals surface area contributed by atoms with Crippen LogP contribution < -0.4 is 11.3 Å². The van der Waals surface area contributed by atoms with E-state index in [9.17, 15) is 14.4 Å². The third kappa shape index (κ3) is 3.12. The lowest BCUT2D eigenvalue weighted by Crippen LogP contribution is -2.38. The van der Waals surface area contributed by atoms with Gasteiger partial charge in [0.25, 0.3) is 5.56 Å². The molecule has 0 aliphatic carbocycles. The summed E-state index contributed by atoms with van der Waals surface area (Å²) in [6.45, 7) is 4.36. The maximum absolute atomic E-state index is 12.0. The molecular formula is C15H19N5O6. The standard InChI is InChI=1S/C15H19N5O6/c1-4-8-10(24-6(2)21)11(25-7(3)22)14(26-8)20-5-17-9-12(20)18-15(16)19-13(9)23/h5,8,10-11,14H,4H2,1-3H3,(H3,16,18,19,23)/t8-,10+,11?,14-/m1/s1. The van der Waals surface area contributed by atoms with Crippen LogP contribution in [0.3, 0.4) is 0 Å². The number of nitrogen functional groups attached to an aromatic ring is 1. The average molecular weight is 365 g/mol. The highest BCUT2D eigenvalue weighted by Crippen LogP contribution is 2.36. The Hall–Kier alpha value is -2.95. The highest BCUT2D eigenvalue weighted by molar-refractivity contribution is 5.71. The number of hydrogen-bond donors (Lipinski definition) is 2. The molecule has 4 atom stereocenters. The van der Waals surface area contributed by atoms with Crippen LogP contribution in [0.15, 0.2) is 11.1 Å². The molecular weight excluding hydrogens is 346 g/mol. The number of H-pyrrole nitrogens is 1. The van der Waals surface area contributed by atoms with Gasteiger partial charge < -0.3 is 19.9 Å². The lowest BCUT2D eigenvalue weighted by atomic mass is 10.1. The van der Waals surface area contributed by atoms with Crippen LogP contribution in [0.4, 0.5) is 5.95 Å². The first kappa shape index (κ1) is 17.9. The van der Waals surface area contributed by atoms with E-state index in [1.165, 1.54) is 24.7 Å². The van der Waals surface area contributed by atoms with Crippen LogP contribution in [0.2, 0.25) is 0 Å². The second-order valence-corrected chi connectivity index (χ2v) is 5.90. The molecule has 1 aliphatic rings. The van der Waals surface area contributed by atoms with Gasteiger partial charge in [0.15, 0.2) is 29.6 Å². The van der Waals surface area contributed by atoms with E-state index in [-0.39, 0.29) is 17.1 Å². The summed E-state index contributed by atoms with van der Waals surface area (Å²) in [5.41, 5.74) is 5.34. The number of nitrogens with one attached hydrogen (secondary N) is 1. The first-order valence-corrected chi connectivity index (χ1v) is 8.04. The molecule has 0 amide bonds. The summed E-state index contributed by atoms with van der Waals surface area (Å²) in [5, 5.41) is 0. The van der Waals surface area contributed by atoms with Crippen molar-refractivity contribution in [2.75, 3.05) is 5.73 Å². The van der Waals surface area contributed by atoms with Gasteiger partial charge in [-0.3, -0.25) is 23.9 Å². The van der Waals surface area contributed by atoms with Crippen molar-refractivity contribution in [1.82, 2.24) is 19.5 Å². The van der Waals surface area contributed by atoms with E-state index >= 15 is 0 Å². The fraction of sp³-hybridized carbons (Fsp3) is 0.533. The smallest absolute Gasteiger partial charge is 0.303 e. The Bertz CT molecular complexity index is 906. The van der Waals surface area contributed by atoms with Gasteiger partial charge in [-0.2, -0.15) is 4.98 Å². The van der Waals surface area contributed by atoms with Crippen molar-refractivity contribution in [1.29, 1.82) is 0 Å². The maximum atomic E-state index is 12.0. The minimum atomic E-state index is -0.930. The van der Waals surface area contributed by atoms with Crippen LogP contribution >= 0.6 is 0 Å². The number of esters is 2. The van der Waals surface area contributed by atoms with Crippen molar-refractivity contribution in [3.05, 3.63) is 16.7 Å². The van der Waals surface area contributed by atoms with Gasteiger partial charge in [-0.15, -0.1) is 0 Å². The second-order valence-electron chi connectivity index (χ2n) is 5.90. The zero-order valence-corrected chi connectivity index (χ0v) is 14.5. The monoisotopic (exact) mass is 365 g/mol. The van der Waals surface area contributed by atoms with Gasteiger partial charge >= 0.3 is 11.9 Å². The predicted octanol–water partition coefficient (Wildman–Crippen LogP) is -0.127. The third-order valence-electron chi connectivity index (χ3n) is 4.02. The molecule has 11 heteroatoms. The Morgan fingerprint density at radius 3 is 2.58 bits per heavy atom. The molecule has 1 saturated heterocycles. The summed E-state index contributed by atoms with van der Waals surface area (Å²) < 4.78 is 18.1. The number of aromatic nitrogens is 4. The van der Waals surface area contributed by atoms with Gasteiger partial charge in [-0.1, -0.05) is 6.92 Å². The van der Waals surface area contributed by atoms with Gasteiger partial charge in [-0.05, 0) is 6.42 Å². The molecule has 11 nitrogen and oxygen atoms in total. The molecule has 3 rings (SSSR count). The number of hydrogen-bond acceptors (Lipinski definition) is 9. The molecule has 2 aromatic heterocycles. The molecule has 3 N–H and O–H groups in total. The van der Waals surface area contributed by atoms with E-state index in [2.05, 4.69) is 15.0 Å². The number of carbonyl (C=O) groups excluding carboxylic acids is 2. The predicted molar refractivity (Wildman–Crippen MR) is 87.9 cm³/mol. The van der Waals surface area contributed by atoms with Crippen LogP contribution in [0, 0.1) is 0 Å². The zero-order chi connectivity index (χ0) is 19.0. The third-order valence-corrected chi connectivity index (χ3v) is 4.02. The van der Waals surface area contributed by atoms with Gasteiger partial charge in [0.05, 0.1) is 6.33 Å². The summed E-state index contributed by atoms with van der Waals surface area (Å²) in [7, 11) is 0. The number of rotatable bonds is 4. The Labute approximate surface area is 147 Å². The summed E-state index contributed by atoms with van der Waals surface area (Å²) >= 11 is 0. The molecule has 140 valence electrons. The van der Waals surface area contributed by atoms with E-state index < -0.39 is 42.0 Å². The number of nitrogens with two attached hydrogens (primary N) is 1. The van der Waals surface area contributed by atoms with Crippen molar-refractivity contribution >= 4 is 29.1 Å². The maximum Gasteiger partial charge on any atom is 0.303 e. The minimum Gasteiger partial charge on any atom is -0.456 e. The van der Waals surface area contributed by atoms with Crippen LogP contribution in [0.1, 0.15) is 33.4 Å². The number of carbonyl (C=O) groups is 2. The lowest BCUT2D eigenvalue weighted by molar-refractivity contribution is -0.165. The van der Waals surface area contributed by atoms with Crippen molar-refractivity contribution in [3.63, 3.8) is 0 Å². The first-order chi connectivity index (χ1) is 12.3. The van der Waals surface area contributed by atoms with Crippen molar-refractivity contribution in [2.24, 2.45) is 0 Å². The van der Waals surface area contributed by atoms with Crippen molar-refractivity contribution in [3.8, 4) is 0 Å². The lowest BCUT2D eigenvalue weighted by Gasteiger charge is -2.23. The highest BCUT2D eigenvalue weighted by atomic mass is 16.6. The highest BCUT2D eigenvalue weighted by Gasteiger charge is 2.49. The number of ether oxygens (including phenoxy) is 3. The van der Waals surface area contributed by atoms with Crippen molar-refractivity contribution in [2.45, 2.75) is 51.7 Å². The van der Waals surface area contributed by atoms with Crippen molar-refractivity contribution < 1.29 is 23.8 Å². The summed E-state index contributed by atoms with van der Waals surface area (Å²) in [6, 6.07) is 0. The van der Waals surface area contributed by atoms with E-state index in [1.807, 2.05) is 6.92 Å². The molecule has 0 saturated carbocycles. The van der Waals surface area contributed by atoms with Gasteiger partial charge in [0.2, 0.25) is 5.95 Å². The molecule has 0 spiro atoms. The van der Waals surface area contributed by atoms with Gasteiger partial charge in [0, 0.05) is 13.8 Å². The number of anilines is 1. The molecule has 26 heavy (non-hydrogen) atoms. The molecule has 0 bridgehead atoms. The number of imidazole rings is 1. The van der Waals surface area contributed by atoms with E-state index in [0.717, 1.165) is 0 Å². The summed E-state index contributed by atoms with van der Waals surface area (Å²) in [6.07, 6.45) is -1.27. The normalized spacial score (nSPS) is 25.3. The largest absolute Gasteiger partial charge is 0.456 e. The number of fused-ring (bicyclic) bond motifs is 1. The fourth-order valence-electron chi connectivity index (χ4n) is 3.04. The Morgan fingerprint density at radius 1 is 1.31 bits per heavy atom. The van der Waals surface area contributed by atoms with Crippen LogP contribution in [-0.2, 0) is 23.8 Å². The van der Waals surface area contributed by atoms with Crippen LogP contribution in [-0.4, -0.2) is 49.8 Å². The molecule has 0 aromatic carbocycles.